The molecule has 3 aliphatic rings. The molecule has 140 valence electrons. The Balaban J connectivity index is 1.75. The van der Waals surface area contributed by atoms with Gasteiger partial charge in [-0.05, 0) is 13.0 Å². The summed E-state index contributed by atoms with van der Waals surface area (Å²) >= 11 is 2.88. The van der Waals surface area contributed by atoms with E-state index in [0.717, 1.165) is 5.75 Å². The molecule has 3 atom stereocenters. The molecule has 1 saturated heterocycles. The van der Waals surface area contributed by atoms with Gasteiger partial charge in [0.1, 0.15) is 24.2 Å². The number of fused-ring (bicyclic) bond motifs is 1. The summed E-state index contributed by atoms with van der Waals surface area (Å²) in [5, 5.41) is 16.7. The quantitative estimate of drug-likeness (QED) is 0.386. The molecule has 3 heterocycles. The van der Waals surface area contributed by atoms with Crippen molar-refractivity contribution in [2.45, 2.75) is 23.6 Å². The van der Waals surface area contributed by atoms with Crippen molar-refractivity contribution in [2.24, 2.45) is 5.16 Å². The molecule has 0 aromatic heterocycles. The lowest BCUT2D eigenvalue weighted by Gasteiger charge is -2.49. The molecule has 11 heteroatoms. The van der Waals surface area contributed by atoms with E-state index in [9.17, 15) is 19.5 Å². The van der Waals surface area contributed by atoms with Gasteiger partial charge in [0.15, 0.2) is 5.76 Å². The van der Waals surface area contributed by atoms with Gasteiger partial charge in [-0.2, -0.15) is 0 Å². The molecule has 0 bridgehead atoms. The molecule has 0 aromatic rings. The fraction of sp³-hybridized carbons (Fsp3) is 0.467. The van der Waals surface area contributed by atoms with Crippen LogP contribution in [0.5, 0.6) is 0 Å². The summed E-state index contributed by atoms with van der Waals surface area (Å²) in [6, 6.07) is -0.836. The van der Waals surface area contributed by atoms with Gasteiger partial charge in [-0.1, -0.05) is 5.16 Å². The first-order valence-electron chi connectivity index (χ1n) is 7.74. The molecule has 0 aromatic carbocycles. The summed E-state index contributed by atoms with van der Waals surface area (Å²) in [4.78, 5) is 42.2. The lowest BCUT2D eigenvalue weighted by Crippen LogP contribution is -2.71. The largest absolute Gasteiger partial charge is 0.490 e. The number of nitrogens with zero attached hydrogens (tertiary/aromatic N) is 2. The zero-order chi connectivity index (χ0) is 18.8. The van der Waals surface area contributed by atoms with Crippen molar-refractivity contribution < 1.29 is 29.1 Å². The van der Waals surface area contributed by atoms with Crippen molar-refractivity contribution in [1.29, 1.82) is 0 Å². The minimum absolute atomic E-state index is 0.0581. The fourth-order valence-electron chi connectivity index (χ4n) is 2.72. The number of hydrogen-bond donors (Lipinski definition) is 2. The lowest BCUT2D eigenvalue weighted by molar-refractivity contribution is -0.150. The topological polar surface area (TPSA) is 118 Å². The maximum atomic E-state index is 12.6. The highest BCUT2D eigenvalue weighted by atomic mass is 32.2. The van der Waals surface area contributed by atoms with Crippen molar-refractivity contribution >= 4 is 47.0 Å². The maximum Gasteiger partial charge on any atom is 0.352 e. The van der Waals surface area contributed by atoms with Gasteiger partial charge in [-0.15, -0.1) is 23.5 Å². The summed E-state index contributed by atoms with van der Waals surface area (Å²) in [6.07, 6.45) is 1.52. The van der Waals surface area contributed by atoms with Crippen molar-refractivity contribution in [1.82, 2.24) is 10.2 Å². The molecule has 3 rings (SSSR count). The molecule has 2 amide bonds. The maximum absolute atomic E-state index is 12.6. The Morgan fingerprint density at radius 2 is 2.27 bits per heavy atom. The Labute approximate surface area is 157 Å². The number of carboxylic acid groups (broad SMARTS) is 1. The monoisotopic (exact) mass is 399 g/mol. The molecule has 9 nitrogen and oxygen atoms in total. The predicted molar refractivity (Wildman–Crippen MR) is 96.3 cm³/mol. The fourth-order valence-corrected chi connectivity index (χ4v) is 4.68. The Kier molecular flexibility index (Phi) is 5.47. The van der Waals surface area contributed by atoms with Gasteiger partial charge in [-0.3, -0.25) is 14.5 Å². The molecular formula is C15H17N3O6S2. The summed E-state index contributed by atoms with van der Waals surface area (Å²) < 4.78 is 5.43. The van der Waals surface area contributed by atoms with E-state index in [0.29, 0.717) is 6.61 Å². The van der Waals surface area contributed by atoms with Crippen LogP contribution in [-0.4, -0.2) is 69.6 Å². The summed E-state index contributed by atoms with van der Waals surface area (Å²) in [5.74, 6) is -1.21. The van der Waals surface area contributed by atoms with Crippen molar-refractivity contribution in [3.8, 4) is 0 Å². The number of carboxylic acids is 1. The van der Waals surface area contributed by atoms with Crippen LogP contribution in [0.15, 0.2) is 28.1 Å². The zero-order valence-corrected chi connectivity index (χ0v) is 15.6. The second-order valence-corrected chi connectivity index (χ2v) is 8.05. The van der Waals surface area contributed by atoms with Gasteiger partial charge < -0.3 is 20.0 Å². The van der Waals surface area contributed by atoms with Crippen molar-refractivity contribution in [2.75, 3.05) is 19.5 Å². The first-order chi connectivity index (χ1) is 12.4. The van der Waals surface area contributed by atoms with E-state index in [1.807, 2.05) is 6.92 Å². The van der Waals surface area contributed by atoms with Crippen LogP contribution >= 0.6 is 23.5 Å². The molecule has 1 fully saturated rings. The second kappa shape index (κ2) is 7.62. The van der Waals surface area contributed by atoms with Gasteiger partial charge in [0, 0.05) is 16.4 Å². The van der Waals surface area contributed by atoms with Gasteiger partial charge in [0.25, 0.3) is 11.8 Å². The van der Waals surface area contributed by atoms with E-state index < -0.39 is 29.2 Å². The highest BCUT2D eigenvalue weighted by Crippen LogP contribution is 2.40. The first kappa shape index (κ1) is 18.6. The van der Waals surface area contributed by atoms with E-state index in [2.05, 4.69) is 10.5 Å². The molecule has 0 spiro atoms. The number of thioether (sulfide) groups is 2. The van der Waals surface area contributed by atoms with E-state index >= 15 is 0 Å². The van der Waals surface area contributed by atoms with Crippen LogP contribution in [0, 0.1) is 0 Å². The van der Waals surface area contributed by atoms with Crippen LogP contribution in [0.4, 0.5) is 0 Å². The molecule has 2 unspecified atom stereocenters. The highest BCUT2D eigenvalue weighted by Gasteiger charge is 2.54. The molecule has 26 heavy (non-hydrogen) atoms. The van der Waals surface area contributed by atoms with E-state index in [1.165, 1.54) is 41.6 Å². The van der Waals surface area contributed by atoms with Gasteiger partial charge in [0.05, 0.1) is 6.61 Å². The average Bonchev–Trinajstić information content (AvgIpc) is 2.63. The van der Waals surface area contributed by atoms with E-state index in [1.54, 1.807) is 5.41 Å². The first-order valence-corrected chi connectivity index (χ1v) is 9.73. The molecule has 0 saturated carbocycles. The molecule has 3 aliphatic heterocycles. The number of carbonyl (C=O) groups excluding carboxylic acids is 2. The Hall–Kier alpha value is -2.14. The van der Waals surface area contributed by atoms with Gasteiger partial charge in [0.2, 0.25) is 5.71 Å². The standard InChI is InChI=1S/C15H17N3O6S2/c1-7-5-8(15(21)22)18-13(20)11(14(18)26-7)16-12(19)10(17-23-2)9-6-25-4-3-24-9/h5-7,11,14H,3-4H2,1-2H3,(H,16,19)(H,21,22)/b17-10-/t7?,11?,14-/m1/s1. The number of carbonyl (C=O) groups is 3. The van der Waals surface area contributed by atoms with Gasteiger partial charge >= 0.3 is 5.97 Å². The third-order valence-electron chi connectivity index (χ3n) is 3.84. The van der Waals surface area contributed by atoms with E-state index in [4.69, 9.17) is 9.57 Å². The summed E-state index contributed by atoms with van der Waals surface area (Å²) in [7, 11) is 1.31. The number of β-lactam (4-membered cyclic amide) rings is 1. The van der Waals surface area contributed by atoms with Crippen LogP contribution in [0.25, 0.3) is 0 Å². The van der Waals surface area contributed by atoms with Crippen molar-refractivity contribution in [3.63, 3.8) is 0 Å². The van der Waals surface area contributed by atoms with Crippen molar-refractivity contribution in [3.05, 3.63) is 22.9 Å². The smallest absolute Gasteiger partial charge is 0.352 e. The van der Waals surface area contributed by atoms with Crippen LogP contribution in [0.3, 0.4) is 0 Å². The Morgan fingerprint density at radius 3 is 2.88 bits per heavy atom. The second-order valence-electron chi connectivity index (χ2n) is 5.57. The number of aliphatic carboxylic acids is 1. The van der Waals surface area contributed by atoms with Crippen LogP contribution in [0.1, 0.15) is 6.92 Å². The predicted octanol–water partition coefficient (Wildman–Crippen LogP) is 0.351. The lowest BCUT2D eigenvalue weighted by atomic mass is 10.0. The number of amides is 2. The third kappa shape index (κ3) is 3.40. The summed E-state index contributed by atoms with van der Waals surface area (Å²) in [5.41, 5.74) is -0.119. The minimum Gasteiger partial charge on any atom is -0.490 e. The molecule has 2 N–H and O–H groups in total. The van der Waals surface area contributed by atoms with Crippen LogP contribution in [0.2, 0.25) is 0 Å². The zero-order valence-electron chi connectivity index (χ0n) is 14.0. The van der Waals surface area contributed by atoms with E-state index in [-0.39, 0.29) is 22.4 Å². The average molecular weight is 399 g/mol. The summed E-state index contributed by atoms with van der Waals surface area (Å²) in [6.45, 7) is 2.27. The Bertz CT molecular complexity index is 735. The molecule has 0 aliphatic carbocycles. The van der Waals surface area contributed by atoms with Crippen LogP contribution in [-0.2, 0) is 24.0 Å². The third-order valence-corrected chi connectivity index (χ3v) is 5.95. The molecule has 0 radical (unpaired) electrons. The minimum atomic E-state index is -1.17. The number of rotatable bonds is 5. The number of oxime groups is 1. The Morgan fingerprint density at radius 1 is 1.50 bits per heavy atom. The molecular weight excluding hydrogens is 382 g/mol. The normalized spacial score (nSPS) is 28.1. The number of ether oxygens (including phenoxy) is 1. The van der Waals surface area contributed by atoms with Crippen LogP contribution < -0.4 is 5.32 Å². The highest BCUT2D eigenvalue weighted by molar-refractivity contribution is 8.02. The number of hydrogen-bond acceptors (Lipinski definition) is 8. The number of nitrogens with one attached hydrogen (secondary N) is 1. The van der Waals surface area contributed by atoms with Gasteiger partial charge in [-0.25, -0.2) is 4.79 Å². The SMILES string of the molecule is CO/N=C(\C(=O)NC1C(=O)N2C(C(=O)O)=CC(C)S[C@H]12)C1=CSCCO1.